The second kappa shape index (κ2) is 12.8. The van der Waals surface area contributed by atoms with Gasteiger partial charge in [0.05, 0.1) is 0 Å². The van der Waals surface area contributed by atoms with Crippen LogP contribution in [0.25, 0.3) is 22.3 Å². The smallest absolute Gasteiger partial charge is 0.0622 e. The molecule has 6 aromatic rings. The minimum absolute atomic E-state index is 0.985. The number of benzene rings is 6. The summed E-state index contributed by atoms with van der Waals surface area (Å²) in [6.45, 7) is 11.2. The van der Waals surface area contributed by atoms with Crippen molar-refractivity contribution in [2.45, 2.75) is 47.5 Å². The molecular weight excluding hydrogens is 547 g/mol. The van der Waals surface area contributed by atoms with E-state index in [4.69, 9.17) is 0 Å². The molecule has 0 bridgehead atoms. The van der Waals surface area contributed by atoms with Crippen LogP contribution < -0.4 is 21.2 Å². The zero-order chi connectivity index (χ0) is 30.7. The zero-order valence-electron chi connectivity index (χ0n) is 26.6. The van der Waals surface area contributed by atoms with Crippen molar-refractivity contribution < 1.29 is 0 Å². The van der Waals surface area contributed by atoms with Crippen molar-refractivity contribution in [3.63, 3.8) is 0 Å². The van der Waals surface area contributed by atoms with Crippen LogP contribution in [-0.2, 0) is 12.8 Å². The van der Waals surface area contributed by atoms with Crippen molar-refractivity contribution in [1.29, 1.82) is 0 Å². The Bertz CT molecular complexity index is 1740. The van der Waals surface area contributed by atoms with Crippen LogP contribution in [0.2, 0.25) is 0 Å². The van der Waals surface area contributed by atoms with Gasteiger partial charge >= 0.3 is 0 Å². The third-order valence-electron chi connectivity index (χ3n) is 8.99. The predicted octanol–water partition coefficient (Wildman–Crippen LogP) is 9.69. The van der Waals surface area contributed by atoms with Gasteiger partial charge in [-0.15, -0.1) is 0 Å². The summed E-state index contributed by atoms with van der Waals surface area (Å²) >= 11 is 0. The molecule has 0 N–H and O–H groups in total. The van der Waals surface area contributed by atoms with Gasteiger partial charge in [0.2, 0.25) is 0 Å². The van der Waals surface area contributed by atoms with Gasteiger partial charge in [0, 0.05) is 5.56 Å². The first-order valence-corrected chi connectivity index (χ1v) is 17.7. The van der Waals surface area contributed by atoms with Gasteiger partial charge in [-0.3, -0.25) is 0 Å². The van der Waals surface area contributed by atoms with E-state index in [-0.39, 0.29) is 0 Å². The highest BCUT2D eigenvalue weighted by molar-refractivity contribution is 8.01. The summed E-state index contributed by atoms with van der Waals surface area (Å²) in [5, 5.41) is 5.60. The van der Waals surface area contributed by atoms with Gasteiger partial charge in [-0.25, -0.2) is 0 Å². The Labute approximate surface area is 264 Å². The Morgan fingerprint density at radius 2 is 0.818 bits per heavy atom. The highest BCUT2D eigenvalue weighted by atomic mass is 31.2. The van der Waals surface area contributed by atoms with E-state index in [2.05, 4.69) is 174 Å². The van der Waals surface area contributed by atoms with Crippen LogP contribution in [0.15, 0.2) is 140 Å². The number of aryl methyl sites for hydroxylation is 4. The Hall–Kier alpha value is -4.25. The fraction of sp³-hybridized carbons (Fsp3) is 0.163. The minimum Gasteiger partial charge on any atom is -0.0622 e. The summed E-state index contributed by atoms with van der Waals surface area (Å²) in [4.78, 5) is 0. The summed E-state index contributed by atoms with van der Waals surface area (Å²) in [7, 11) is -2.39. The van der Waals surface area contributed by atoms with E-state index in [0.29, 0.717) is 0 Å². The lowest BCUT2D eigenvalue weighted by Crippen LogP contribution is -2.40. The van der Waals surface area contributed by atoms with Crippen molar-refractivity contribution in [2.24, 2.45) is 0 Å². The molecule has 0 fully saturated rings. The van der Waals surface area contributed by atoms with Crippen molar-refractivity contribution in [3.05, 3.63) is 167 Å². The first kappa shape index (κ1) is 29.8. The molecule has 0 spiro atoms. The first-order chi connectivity index (χ1) is 21.5. The van der Waals surface area contributed by atoms with Crippen molar-refractivity contribution >= 4 is 28.5 Å². The maximum atomic E-state index is 2.60. The van der Waals surface area contributed by atoms with Gasteiger partial charge < -0.3 is 0 Å². The van der Waals surface area contributed by atoms with Crippen molar-refractivity contribution in [1.82, 2.24) is 0 Å². The van der Waals surface area contributed by atoms with Crippen molar-refractivity contribution in [3.8, 4) is 22.3 Å². The molecule has 6 rings (SSSR count). The van der Waals surface area contributed by atoms with Crippen LogP contribution in [0.4, 0.5) is 0 Å². The Kier molecular flexibility index (Phi) is 8.65. The third-order valence-corrected chi connectivity index (χ3v) is 13.3. The molecule has 0 aliphatic carbocycles. The second-order valence-corrected chi connectivity index (χ2v) is 15.3. The average molecular weight is 590 g/mol. The standard InChI is InChI=1S/C43H42P/c1-6-34-30-41(43(36-16-12-9-13-17-36)42(40(34)7-2)35-14-10-8-11-15-35)44(37-24-18-31(3)19-25-37,38-26-20-32(4)21-27-38)39-28-22-33(5)23-29-39/h8-30H,6-7H2,1-5H3/q+1. The summed E-state index contributed by atoms with van der Waals surface area (Å²) < 4.78 is 0. The van der Waals surface area contributed by atoms with Gasteiger partial charge in [0.15, 0.2) is 0 Å². The van der Waals surface area contributed by atoms with E-state index in [1.165, 1.54) is 71.3 Å². The van der Waals surface area contributed by atoms with Crippen LogP contribution >= 0.6 is 7.26 Å². The van der Waals surface area contributed by atoms with E-state index < -0.39 is 7.26 Å². The topological polar surface area (TPSA) is 0 Å². The molecule has 44 heavy (non-hydrogen) atoms. The van der Waals surface area contributed by atoms with Crippen LogP contribution in [0.5, 0.6) is 0 Å². The summed E-state index contributed by atoms with van der Waals surface area (Å²) in [5.41, 5.74) is 12.0. The van der Waals surface area contributed by atoms with Crippen LogP contribution in [0.3, 0.4) is 0 Å². The average Bonchev–Trinajstić information content (AvgIpc) is 3.07. The molecule has 218 valence electrons. The molecule has 0 aliphatic rings. The quantitative estimate of drug-likeness (QED) is 0.155. The van der Waals surface area contributed by atoms with E-state index in [0.717, 1.165) is 12.8 Å². The SMILES string of the molecule is CCc1cc([P+](c2ccc(C)cc2)(c2ccc(C)cc2)c2ccc(C)cc2)c(-c2ccccc2)c(-c2ccccc2)c1CC. The second-order valence-electron chi connectivity index (χ2n) is 11.9. The normalized spacial score (nSPS) is 11.5. The van der Waals surface area contributed by atoms with Gasteiger partial charge in [0.25, 0.3) is 0 Å². The van der Waals surface area contributed by atoms with Crippen molar-refractivity contribution in [2.75, 3.05) is 0 Å². The fourth-order valence-electron chi connectivity index (χ4n) is 6.74. The van der Waals surface area contributed by atoms with E-state index in [1.807, 2.05) is 0 Å². The minimum atomic E-state index is -2.39. The highest BCUT2D eigenvalue weighted by Crippen LogP contribution is 2.58. The molecule has 0 saturated carbocycles. The molecule has 0 nitrogen and oxygen atoms in total. The lowest BCUT2D eigenvalue weighted by atomic mass is 9.86. The third kappa shape index (κ3) is 5.34. The molecule has 6 aromatic carbocycles. The van der Waals surface area contributed by atoms with E-state index >= 15 is 0 Å². The molecule has 1 heteroatoms. The van der Waals surface area contributed by atoms with E-state index in [9.17, 15) is 0 Å². The maximum absolute atomic E-state index is 2.60. The molecule has 0 atom stereocenters. The molecule has 0 heterocycles. The van der Waals surface area contributed by atoms with Gasteiger partial charge in [-0.05, 0) is 104 Å². The molecule has 0 unspecified atom stereocenters. The molecule has 0 aromatic heterocycles. The predicted molar refractivity (Wildman–Crippen MR) is 195 cm³/mol. The number of hydrogen-bond acceptors (Lipinski definition) is 0. The number of rotatable bonds is 8. The van der Waals surface area contributed by atoms with Gasteiger partial charge in [0.1, 0.15) is 28.5 Å². The Balaban J connectivity index is 1.90. The lowest BCUT2D eigenvalue weighted by molar-refractivity contribution is 1.04. The fourth-order valence-corrected chi connectivity index (χ4v) is 11.2. The molecule has 0 aliphatic heterocycles. The lowest BCUT2D eigenvalue weighted by Gasteiger charge is -2.32. The van der Waals surface area contributed by atoms with Gasteiger partial charge in [-0.2, -0.15) is 0 Å². The zero-order valence-corrected chi connectivity index (χ0v) is 27.5. The van der Waals surface area contributed by atoms with Crippen LogP contribution in [-0.4, -0.2) is 0 Å². The Morgan fingerprint density at radius 3 is 1.18 bits per heavy atom. The summed E-state index contributed by atoms with van der Waals surface area (Å²) in [5.74, 6) is 0. The number of hydrogen-bond donors (Lipinski definition) is 0. The maximum Gasteiger partial charge on any atom is 0.145 e. The first-order valence-electron chi connectivity index (χ1n) is 15.9. The molecule has 0 saturated heterocycles. The van der Waals surface area contributed by atoms with Crippen LogP contribution in [0, 0.1) is 20.8 Å². The van der Waals surface area contributed by atoms with Crippen LogP contribution in [0.1, 0.15) is 41.7 Å². The highest BCUT2D eigenvalue weighted by Gasteiger charge is 2.50. The van der Waals surface area contributed by atoms with E-state index in [1.54, 1.807) is 0 Å². The molecule has 0 radical (unpaired) electrons. The monoisotopic (exact) mass is 589 g/mol. The Morgan fingerprint density at radius 1 is 0.432 bits per heavy atom. The summed E-state index contributed by atoms with van der Waals surface area (Å²) in [6, 6.07) is 53.0. The molecule has 0 amide bonds. The summed E-state index contributed by atoms with van der Waals surface area (Å²) in [6.07, 6.45) is 1.97. The van der Waals surface area contributed by atoms with Gasteiger partial charge in [-0.1, -0.05) is 128 Å². The largest absolute Gasteiger partial charge is 0.145 e. The molecular formula is C43H42P+.